The number of benzene rings is 3. The van der Waals surface area contributed by atoms with Crippen LogP contribution in [0.15, 0.2) is 66.7 Å². The molecule has 0 atom stereocenters. The van der Waals surface area contributed by atoms with Gasteiger partial charge in [-0.2, -0.15) is 0 Å². The van der Waals surface area contributed by atoms with Crippen molar-refractivity contribution in [2.45, 2.75) is 65.8 Å². The maximum absolute atomic E-state index is 12.3. The molecule has 1 amide bonds. The van der Waals surface area contributed by atoms with E-state index in [2.05, 4.69) is 66.2 Å². The Hall–Kier alpha value is -3.60. The molecule has 0 fully saturated rings. The molecule has 0 spiro atoms. The summed E-state index contributed by atoms with van der Waals surface area (Å²) in [6.45, 7) is 8.60. The van der Waals surface area contributed by atoms with Gasteiger partial charge in [0.15, 0.2) is 0 Å². The first-order chi connectivity index (χ1) is 18.0. The standard InChI is InChI=1S/C32H39N3O2/c1-24-14-17-27(18-15-24)32(36)33-20-8-4-5-13-31-34-28-11-6-7-12-29(28)35(31)21-9-10-22-37-30-19-16-25(2)23-26(30)3/h6-7,11-12,14-19,23H,4-5,8-10,13,20-22H2,1-3H3,(H,33,36). The van der Waals surface area contributed by atoms with Crippen LogP contribution in [0.4, 0.5) is 0 Å². The van der Waals surface area contributed by atoms with Crippen molar-refractivity contribution in [2.75, 3.05) is 13.2 Å². The van der Waals surface area contributed by atoms with Gasteiger partial charge >= 0.3 is 0 Å². The van der Waals surface area contributed by atoms with Gasteiger partial charge in [0.25, 0.3) is 5.91 Å². The molecule has 0 radical (unpaired) electrons. The fourth-order valence-corrected chi connectivity index (χ4v) is 4.67. The molecular weight excluding hydrogens is 458 g/mol. The van der Waals surface area contributed by atoms with Gasteiger partial charge in [0, 0.05) is 25.1 Å². The summed E-state index contributed by atoms with van der Waals surface area (Å²) in [5.74, 6) is 2.14. The van der Waals surface area contributed by atoms with E-state index in [4.69, 9.17) is 9.72 Å². The molecule has 3 aromatic carbocycles. The second-order valence-corrected chi connectivity index (χ2v) is 9.93. The molecule has 0 bridgehead atoms. The van der Waals surface area contributed by atoms with Crippen molar-refractivity contribution in [3.05, 3.63) is 94.8 Å². The lowest BCUT2D eigenvalue weighted by molar-refractivity contribution is 0.0953. The maximum Gasteiger partial charge on any atom is 0.251 e. The van der Waals surface area contributed by atoms with Crippen molar-refractivity contribution < 1.29 is 9.53 Å². The highest BCUT2D eigenvalue weighted by Crippen LogP contribution is 2.21. The molecule has 4 rings (SSSR count). The minimum absolute atomic E-state index is 0.00307. The smallest absolute Gasteiger partial charge is 0.251 e. The Morgan fingerprint density at radius 1 is 0.865 bits per heavy atom. The minimum Gasteiger partial charge on any atom is -0.493 e. The summed E-state index contributed by atoms with van der Waals surface area (Å²) in [6.07, 6.45) is 6.07. The Labute approximate surface area is 220 Å². The van der Waals surface area contributed by atoms with E-state index in [1.165, 1.54) is 16.6 Å². The zero-order chi connectivity index (χ0) is 26.0. The third-order valence-electron chi connectivity index (χ3n) is 6.77. The topological polar surface area (TPSA) is 56.2 Å². The summed E-state index contributed by atoms with van der Waals surface area (Å²) in [7, 11) is 0. The van der Waals surface area contributed by atoms with Crippen LogP contribution in [0.25, 0.3) is 11.0 Å². The maximum atomic E-state index is 12.3. The monoisotopic (exact) mass is 497 g/mol. The second-order valence-electron chi connectivity index (χ2n) is 9.93. The zero-order valence-electron chi connectivity index (χ0n) is 22.4. The van der Waals surface area contributed by atoms with E-state index in [-0.39, 0.29) is 5.91 Å². The van der Waals surface area contributed by atoms with Crippen molar-refractivity contribution >= 4 is 16.9 Å². The predicted octanol–water partition coefficient (Wildman–Crippen LogP) is 6.96. The van der Waals surface area contributed by atoms with Crippen LogP contribution < -0.4 is 10.1 Å². The fourth-order valence-electron chi connectivity index (χ4n) is 4.67. The Bertz CT molecular complexity index is 1310. The lowest BCUT2D eigenvalue weighted by Gasteiger charge is -2.12. The molecule has 1 N–H and O–H groups in total. The van der Waals surface area contributed by atoms with E-state index in [1.807, 2.05) is 31.2 Å². The van der Waals surface area contributed by atoms with E-state index < -0.39 is 0 Å². The van der Waals surface area contributed by atoms with Gasteiger partial charge in [-0.15, -0.1) is 0 Å². The van der Waals surface area contributed by atoms with Gasteiger partial charge < -0.3 is 14.6 Å². The Morgan fingerprint density at radius 2 is 1.65 bits per heavy atom. The Kier molecular flexibility index (Phi) is 9.36. The molecule has 0 aliphatic heterocycles. The number of carbonyl (C=O) groups excluding carboxylic acids is 1. The van der Waals surface area contributed by atoms with Crippen LogP contribution in [0.1, 0.15) is 65.0 Å². The van der Waals surface area contributed by atoms with Crippen molar-refractivity contribution in [2.24, 2.45) is 0 Å². The van der Waals surface area contributed by atoms with Gasteiger partial charge in [-0.1, -0.05) is 53.9 Å². The number of nitrogens with zero attached hydrogens (tertiary/aromatic N) is 2. The van der Waals surface area contributed by atoms with Gasteiger partial charge in [0.2, 0.25) is 0 Å². The molecule has 0 unspecified atom stereocenters. The minimum atomic E-state index is 0.00307. The number of hydrogen-bond donors (Lipinski definition) is 1. The molecular formula is C32H39N3O2. The highest BCUT2D eigenvalue weighted by molar-refractivity contribution is 5.94. The van der Waals surface area contributed by atoms with Crippen LogP contribution in [0.3, 0.4) is 0 Å². The average molecular weight is 498 g/mol. The number of imidazole rings is 1. The highest BCUT2D eigenvalue weighted by Gasteiger charge is 2.10. The summed E-state index contributed by atoms with van der Waals surface area (Å²) in [6, 6.07) is 22.4. The molecule has 1 heterocycles. The first-order valence-electron chi connectivity index (χ1n) is 13.5. The summed E-state index contributed by atoms with van der Waals surface area (Å²) in [4.78, 5) is 17.2. The molecule has 1 aromatic heterocycles. The number of aryl methyl sites for hydroxylation is 5. The Balaban J connectivity index is 1.22. The largest absolute Gasteiger partial charge is 0.493 e. The van der Waals surface area contributed by atoms with Crippen LogP contribution in [0, 0.1) is 20.8 Å². The molecule has 0 saturated heterocycles. The lowest BCUT2D eigenvalue weighted by Crippen LogP contribution is -2.24. The van der Waals surface area contributed by atoms with Crippen molar-refractivity contribution in [1.29, 1.82) is 0 Å². The number of carbonyl (C=O) groups is 1. The van der Waals surface area contributed by atoms with Gasteiger partial charge in [-0.3, -0.25) is 4.79 Å². The molecule has 0 aliphatic carbocycles. The van der Waals surface area contributed by atoms with E-state index in [0.29, 0.717) is 6.54 Å². The van der Waals surface area contributed by atoms with Crippen molar-refractivity contribution in [3.8, 4) is 5.75 Å². The van der Waals surface area contributed by atoms with Crippen LogP contribution in [-0.2, 0) is 13.0 Å². The molecule has 194 valence electrons. The van der Waals surface area contributed by atoms with Crippen LogP contribution in [0.5, 0.6) is 5.75 Å². The molecule has 5 heteroatoms. The fraction of sp³-hybridized carbons (Fsp3) is 0.375. The molecule has 5 nitrogen and oxygen atoms in total. The van der Waals surface area contributed by atoms with E-state index in [9.17, 15) is 4.79 Å². The second kappa shape index (κ2) is 13.1. The number of para-hydroxylation sites is 2. The number of unbranched alkanes of at least 4 members (excludes halogenated alkanes) is 3. The zero-order valence-corrected chi connectivity index (χ0v) is 22.4. The number of amides is 1. The van der Waals surface area contributed by atoms with Gasteiger partial charge in [0.1, 0.15) is 11.6 Å². The summed E-state index contributed by atoms with van der Waals surface area (Å²) >= 11 is 0. The first kappa shape index (κ1) is 26.5. The molecule has 0 aliphatic rings. The number of ether oxygens (including phenoxy) is 1. The average Bonchev–Trinajstić information content (AvgIpc) is 3.24. The van der Waals surface area contributed by atoms with E-state index >= 15 is 0 Å². The van der Waals surface area contributed by atoms with Crippen LogP contribution >= 0.6 is 0 Å². The number of aromatic nitrogens is 2. The molecule has 37 heavy (non-hydrogen) atoms. The van der Waals surface area contributed by atoms with Crippen LogP contribution in [0.2, 0.25) is 0 Å². The number of nitrogens with one attached hydrogen (secondary N) is 1. The molecule has 4 aromatic rings. The van der Waals surface area contributed by atoms with E-state index in [1.54, 1.807) is 0 Å². The highest BCUT2D eigenvalue weighted by atomic mass is 16.5. The van der Waals surface area contributed by atoms with Gasteiger partial charge in [-0.25, -0.2) is 4.98 Å². The normalized spacial score (nSPS) is 11.1. The van der Waals surface area contributed by atoms with Crippen LogP contribution in [-0.4, -0.2) is 28.6 Å². The number of rotatable bonds is 13. The van der Waals surface area contributed by atoms with Gasteiger partial charge in [0.05, 0.1) is 17.6 Å². The van der Waals surface area contributed by atoms with Crippen molar-refractivity contribution in [3.63, 3.8) is 0 Å². The quantitative estimate of drug-likeness (QED) is 0.203. The summed E-state index contributed by atoms with van der Waals surface area (Å²) in [5.41, 5.74) is 6.61. The Morgan fingerprint density at radius 3 is 2.46 bits per heavy atom. The molecule has 0 saturated carbocycles. The third kappa shape index (κ3) is 7.45. The first-order valence-corrected chi connectivity index (χ1v) is 13.5. The third-order valence-corrected chi connectivity index (χ3v) is 6.77. The lowest BCUT2D eigenvalue weighted by atomic mass is 10.1. The number of fused-ring (bicyclic) bond motifs is 1. The van der Waals surface area contributed by atoms with Gasteiger partial charge in [-0.05, 0) is 82.3 Å². The SMILES string of the molecule is Cc1ccc(C(=O)NCCCCCc2nc3ccccc3n2CCCCOc2ccc(C)cc2C)cc1. The summed E-state index contributed by atoms with van der Waals surface area (Å²) in [5, 5.41) is 3.04. The van der Waals surface area contributed by atoms with E-state index in [0.717, 1.165) is 79.9 Å². The number of hydrogen-bond acceptors (Lipinski definition) is 3. The van der Waals surface area contributed by atoms with Crippen molar-refractivity contribution in [1.82, 2.24) is 14.9 Å². The summed E-state index contributed by atoms with van der Waals surface area (Å²) < 4.78 is 8.41. The predicted molar refractivity (Wildman–Crippen MR) is 151 cm³/mol.